The SMILES string of the molecule is Cc1nc(CN(C)c2c(F)cccc2[C@@H](C)N)cs1. The van der Waals surface area contributed by atoms with E-state index in [1.165, 1.54) is 6.07 Å². The maximum absolute atomic E-state index is 14.1. The van der Waals surface area contributed by atoms with Gasteiger partial charge in [0.15, 0.2) is 0 Å². The van der Waals surface area contributed by atoms with E-state index in [1.807, 2.05) is 37.2 Å². The summed E-state index contributed by atoms with van der Waals surface area (Å²) in [4.78, 5) is 6.27. The van der Waals surface area contributed by atoms with Crippen LogP contribution in [0, 0.1) is 12.7 Å². The molecule has 1 aromatic carbocycles. The number of aryl methyl sites for hydroxylation is 1. The van der Waals surface area contributed by atoms with E-state index in [0.29, 0.717) is 12.2 Å². The van der Waals surface area contributed by atoms with Crippen LogP contribution in [-0.4, -0.2) is 12.0 Å². The van der Waals surface area contributed by atoms with Crippen molar-refractivity contribution in [1.29, 1.82) is 0 Å². The average molecular weight is 279 g/mol. The van der Waals surface area contributed by atoms with Crippen molar-refractivity contribution in [3.8, 4) is 0 Å². The van der Waals surface area contributed by atoms with Crippen LogP contribution in [0.1, 0.15) is 29.2 Å². The highest BCUT2D eigenvalue weighted by atomic mass is 32.1. The van der Waals surface area contributed by atoms with Crippen molar-refractivity contribution in [3.05, 3.63) is 45.7 Å². The van der Waals surface area contributed by atoms with Gasteiger partial charge in [0.05, 0.1) is 22.9 Å². The minimum atomic E-state index is -0.246. The molecule has 0 aliphatic rings. The summed E-state index contributed by atoms with van der Waals surface area (Å²) in [5, 5.41) is 3.02. The van der Waals surface area contributed by atoms with Gasteiger partial charge in [-0.05, 0) is 25.5 Å². The molecule has 0 unspecified atom stereocenters. The first-order valence-corrected chi connectivity index (χ1v) is 7.03. The second kappa shape index (κ2) is 5.67. The summed E-state index contributed by atoms with van der Waals surface area (Å²) < 4.78 is 14.1. The van der Waals surface area contributed by atoms with Gasteiger partial charge in [-0.25, -0.2) is 9.37 Å². The Kier molecular flexibility index (Phi) is 4.17. The Balaban J connectivity index is 2.30. The molecule has 1 atom stereocenters. The molecule has 19 heavy (non-hydrogen) atoms. The third-order valence-electron chi connectivity index (χ3n) is 2.96. The van der Waals surface area contributed by atoms with Crippen molar-refractivity contribution in [2.75, 3.05) is 11.9 Å². The first-order valence-electron chi connectivity index (χ1n) is 6.15. The lowest BCUT2D eigenvalue weighted by molar-refractivity contribution is 0.615. The number of rotatable bonds is 4. The van der Waals surface area contributed by atoms with Crippen LogP contribution in [0.4, 0.5) is 10.1 Å². The quantitative estimate of drug-likeness (QED) is 0.934. The molecule has 0 radical (unpaired) electrons. The van der Waals surface area contributed by atoms with Gasteiger partial charge in [-0.3, -0.25) is 0 Å². The molecule has 0 aliphatic heterocycles. The van der Waals surface area contributed by atoms with Crippen molar-refractivity contribution in [2.24, 2.45) is 5.73 Å². The lowest BCUT2D eigenvalue weighted by atomic mass is 10.1. The molecule has 0 fully saturated rings. The molecule has 3 nitrogen and oxygen atoms in total. The largest absolute Gasteiger partial charge is 0.366 e. The highest BCUT2D eigenvalue weighted by Crippen LogP contribution is 2.28. The van der Waals surface area contributed by atoms with E-state index in [0.717, 1.165) is 16.3 Å². The number of nitrogens with zero attached hydrogens (tertiary/aromatic N) is 2. The second-order valence-corrected chi connectivity index (χ2v) is 5.74. The molecular weight excluding hydrogens is 261 g/mol. The van der Waals surface area contributed by atoms with E-state index in [4.69, 9.17) is 5.73 Å². The van der Waals surface area contributed by atoms with Crippen LogP contribution < -0.4 is 10.6 Å². The molecule has 2 N–H and O–H groups in total. The predicted octanol–water partition coefficient (Wildman–Crippen LogP) is 3.25. The van der Waals surface area contributed by atoms with Crippen molar-refractivity contribution < 1.29 is 4.39 Å². The van der Waals surface area contributed by atoms with Gasteiger partial charge in [-0.15, -0.1) is 11.3 Å². The molecule has 0 spiro atoms. The Hall–Kier alpha value is -1.46. The summed E-state index contributed by atoms with van der Waals surface area (Å²) in [7, 11) is 1.86. The van der Waals surface area contributed by atoms with E-state index in [1.54, 1.807) is 17.4 Å². The van der Waals surface area contributed by atoms with E-state index < -0.39 is 0 Å². The fraction of sp³-hybridized carbons (Fsp3) is 0.357. The fourth-order valence-electron chi connectivity index (χ4n) is 2.11. The van der Waals surface area contributed by atoms with Crippen LogP contribution in [0.3, 0.4) is 0 Å². The Morgan fingerprint density at radius 1 is 1.47 bits per heavy atom. The Bertz CT molecular complexity index is 566. The monoisotopic (exact) mass is 279 g/mol. The maximum Gasteiger partial charge on any atom is 0.146 e. The molecule has 0 saturated heterocycles. The number of benzene rings is 1. The second-order valence-electron chi connectivity index (χ2n) is 4.68. The van der Waals surface area contributed by atoms with Gasteiger partial charge in [0.2, 0.25) is 0 Å². The topological polar surface area (TPSA) is 42.2 Å². The zero-order valence-electron chi connectivity index (χ0n) is 11.4. The summed E-state index contributed by atoms with van der Waals surface area (Å²) >= 11 is 1.60. The summed E-state index contributed by atoms with van der Waals surface area (Å²) in [6, 6.07) is 4.82. The van der Waals surface area contributed by atoms with Crippen molar-refractivity contribution >= 4 is 17.0 Å². The Morgan fingerprint density at radius 2 is 2.21 bits per heavy atom. The first kappa shape index (κ1) is 14.0. The average Bonchev–Trinajstić information content (AvgIpc) is 2.74. The number of nitrogens with two attached hydrogens (primary N) is 1. The van der Waals surface area contributed by atoms with Crippen molar-refractivity contribution in [2.45, 2.75) is 26.4 Å². The van der Waals surface area contributed by atoms with Gasteiger partial charge >= 0.3 is 0 Å². The maximum atomic E-state index is 14.1. The van der Waals surface area contributed by atoms with Gasteiger partial charge in [-0.2, -0.15) is 0 Å². The van der Waals surface area contributed by atoms with Crippen LogP contribution in [0.15, 0.2) is 23.6 Å². The molecule has 2 rings (SSSR count). The van der Waals surface area contributed by atoms with E-state index in [2.05, 4.69) is 4.98 Å². The van der Waals surface area contributed by atoms with Gasteiger partial charge in [0, 0.05) is 18.5 Å². The molecule has 102 valence electrons. The molecule has 0 saturated carbocycles. The minimum absolute atomic E-state index is 0.203. The minimum Gasteiger partial charge on any atom is -0.366 e. The number of aromatic nitrogens is 1. The van der Waals surface area contributed by atoms with Gasteiger partial charge < -0.3 is 10.6 Å². The van der Waals surface area contributed by atoms with Gasteiger partial charge in [0.25, 0.3) is 0 Å². The Labute approximate surface area is 116 Å². The van der Waals surface area contributed by atoms with Gasteiger partial charge in [0.1, 0.15) is 5.82 Å². The zero-order valence-corrected chi connectivity index (χ0v) is 12.2. The third kappa shape index (κ3) is 3.11. The lowest BCUT2D eigenvalue weighted by Crippen LogP contribution is -2.21. The van der Waals surface area contributed by atoms with Crippen LogP contribution in [0.2, 0.25) is 0 Å². The molecule has 0 amide bonds. The lowest BCUT2D eigenvalue weighted by Gasteiger charge is -2.23. The number of thiazole rings is 1. The smallest absolute Gasteiger partial charge is 0.146 e. The molecule has 1 heterocycles. The fourth-order valence-corrected chi connectivity index (χ4v) is 2.71. The molecule has 0 bridgehead atoms. The van der Waals surface area contributed by atoms with Crippen LogP contribution in [0.25, 0.3) is 0 Å². The van der Waals surface area contributed by atoms with E-state index in [-0.39, 0.29) is 11.9 Å². The first-order chi connectivity index (χ1) is 8.99. The zero-order chi connectivity index (χ0) is 14.0. The number of hydrogen-bond acceptors (Lipinski definition) is 4. The van der Waals surface area contributed by atoms with Crippen LogP contribution >= 0.6 is 11.3 Å². The summed E-state index contributed by atoms with van der Waals surface area (Å²) in [5.41, 5.74) is 8.23. The standard InChI is InChI=1S/C14H18FN3S/c1-9(16)12-5-4-6-13(15)14(12)18(3)7-11-8-19-10(2)17-11/h4-6,8-9H,7,16H2,1-3H3/t9-/m1/s1. The number of halogens is 1. The highest BCUT2D eigenvalue weighted by molar-refractivity contribution is 7.09. The predicted molar refractivity (Wildman–Crippen MR) is 78.0 cm³/mol. The van der Waals surface area contributed by atoms with E-state index in [9.17, 15) is 4.39 Å². The molecule has 5 heteroatoms. The molecular formula is C14H18FN3S. The number of hydrogen-bond donors (Lipinski definition) is 1. The van der Waals surface area contributed by atoms with Crippen LogP contribution in [0.5, 0.6) is 0 Å². The summed E-state index contributed by atoms with van der Waals surface area (Å²) in [6.07, 6.45) is 0. The molecule has 0 aliphatic carbocycles. The van der Waals surface area contributed by atoms with Crippen molar-refractivity contribution in [1.82, 2.24) is 4.98 Å². The third-order valence-corrected chi connectivity index (χ3v) is 3.78. The summed E-state index contributed by atoms with van der Waals surface area (Å²) in [5.74, 6) is -0.246. The van der Waals surface area contributed by atoms with E-state index >= 15 is 0 Å². The molecule has 1 aromatic heterocycles. The number of para-hydroxylation sites is 1. The molecule has 2 aromatic rings. The van der Waals surface area contributed by atoms with Gasteiger partial charge in [-0.1, -0.05) is 12.1 Å². The summed E-state index contributed by atoms with van der Waals surface area (Å²) in [6.45, 7) is 4.40. The van der Waals surface area contributed by atoms with Crippen molar-refractivity contribution in [3.63, 3.8) is 0 Å². The Morgan fingerprint density at radius 3 is 2.79 bits per heavy atom. The number of anilines is 1. The normalized spacial score (nSPS) is 12.5. The van der Waals surface area contributed by atoms with Crippen LogP contribution in [-0.2, 0) is 6.54 Å². The highest BCUT2D eigenvalue weighted by Gasteiger charge is 2.16.